The van der Waals surface area contributed by atoms with E-state index in [0.29, 0.717) is 17.0 Å². The van der Waals surface area contributed by atoms with Gasteiger partial charge in [0.05, 0.1) is 25.2 Å². The number of carbonyl (C=O) groups excluding carboxylic acids is 1. The van der Waals surface area contributed by atoms with Gasteiger partial charge in [-0.1, -0.05) is 6.07 Å². The molecule has 0 atom stereocenters. The summed E-state index contributed by atoms with van der Waals surface area (Å²) in [5, 5.41) is 13.6. The van der Waals surface area contributed by atoms with Crippen molar-refractivity contribution in [2.45, 2.75) is 13.3 Å². The standard InChI is InChI=1S/C21H20N4O2S.ClH/c1-14-4-9-19(27-3)18(10-14)24-21-25(2)17(13-28-21)11-20(26)23-16-7-5-15(12-22)6-8-16;/h4-10,13H,11H2,1-3H3,(H,23,26);1H. The molecule has 0 saturated carbocycles. The lowest BCUT2D eigenvalue weighted by Crippen LogP contribution is -2.19. The van der Waals surface area contributed by atoms with Crippen LogP contribution in [-0.2, 0) is 18.3 Å². The van der Waals surface area contributed by atoms with Crippen molar-refractivity contribution in [1.29, 1.82) is 5.26 Å². The topological polar surface area (TPSA) is 79.4 Å². The minimum absolute atomic E-state index is 0. The van der Waals surface area contributed by atoms with Gasteiger partial charge in [-0.25, -0.2) is 4.99 Å². The monoisotopic (exact) mass is 428 g/mol. The van der Waals surface area contributed by atoms with Crippen LogP contribution >= 0.6 is 23.7 Å². The Morgan fingerprint density at radius 3 is 2.66 bits per heavy atom. The van der Waals surface area contributed by atoms with Crippen LogP contribution in [-0.4, -0.2) is 17.6 Å². The maximum Gasteiger partial charge on any atom is 0.230 e. The Hall–Kier alpha value is -3.08. The molecule has 0 spiro atoms. The number of nitriles is 1. The summed E-state index contributed by atoms with van der Waals surface area (Å²) >= 11 is 1.47. The number of hydrogen-bond donors (Lipinski definition) is 1. The van der Waals surface area contributed by atoms with Crippen molar-refractivity contribution in [3.63, 3.8) is 0 Å². The average Bonchev–Trinajstić information content (AvgIpc) is 3.02. The number of methoxy groups -OCH3 is 1. The minimum atomic E-state index is -0.127. The average molecular weight is 429 g/mol. The molecule has 0 aliphatic rings. The van der Waals surface area contributed by atoms with E-state index in [1.807, 2.05) is 42.1 Å². The van der Waals surface area contributed by atoms with E-state index in [1.165, 1.54) is 11.3 Å². The number of amides is 1. The summed E-state index contributed by atoms with van der Waals surface area (Å²) in [4.78, 5) is 17.8. The van der Waals surface area contributed by atoms with Gasteiger partial charge in [-0.15, -0.1) is 23.7 Å². The Labute approximate surface area is 179 Å². The van der Waals surface area contributed by atoms with Gasteiger partial charge < -0.3 is 14.6 Å². The number of nitrogens with zero attached hydrogens (tertiary/aromatic N) is 3. The second-order valence-corrected chi connectivity index (χ2v) is 7.11. The molecule has 1 amide bonds. The predicted molar refractivity (Wildman–Crippen MR) is 117 cm³/mol. The summed E-state index contributed by atoms with van der Waals surface area (Å²) in [6, 6.07) is 14.7. The number of aromatic nitrogens is 1. The molecule has 0 fully saturated rings. The van der Waals surface area contributed by atoms with Crippen LogP contribution < -0.4 is 14.9 Å². The van der Waals surface area contributed by atoms with Gasteiger partial charge >= 0.3 is 0 Å². The summed E-state index contributed by atoms with van der Waals surface area (Å²) in [7, 11) is 3.51. The zero-order valence-electron chi connectivity index (χ0n) is 16.3. The zero-order valence-corrected chi connectivity index (χ0v) is 17.9. The fourth-order valence-electron chi connectivity index (χ4n) is 2.65. The maximum atomic E-state index is 12.4. The molecule has 8 heteroatoms. The first-order valence-electron chi connectivity index (χ1n) is 8.63. The van der Waals surface area contributed by atoms with E-state index in [1.54, 1.807) is 31.4 Å². The molecule has 1 N–H and O–H groups in total. The van der Waals surface area contributed by atoms with Gasteiger partial charge in [-0.2, -0.15) is 5.26 Å². The largest absolute Gasteiger partial charge is 0.494 e. The molecular weight excluding hydrogens is 408 g/mol. The predicted octanol–water partition coefficient (Wildman–Crippen LogP) is 4.11. The highest BCUT2D eigenvalue weighted by Gasteiger charge is 2.10. The Morgan fingerprint density at radius 2 is 2.00 bits per heavy atom. The van der Waals surface area contributed by atoms with Gasteiger partial charge in [0, 0.05) is 23.8 Å². The molecule has 6 nitrogen and oxygen atoms in total. The van der Waals surface area contributed by atoms with Crippen LogP contribution in [0.25, 0.3) is 0 Å². The van der Waals surface area contributed by atoms with Crippen molar-refractivity contribution < 1.29 is 9.53 Å². The molecule has 150 valence electrons. The molecule has 2 aromatic carbocycles. The van der Waals surface area contributed by atoms with E-state index in [0.717, 1.165) is 21.7 Å². The van der Waals surface area contributed by atoms with Crippen LogP contribution in [0.2, 0.25) is 0 Å². The summed E-state index contributed by atoms with van der Waals surface area (Å²) < 4.78 is 7.29. The van der Waals surface area contributed by atoms with Gasteiger partial charge in [0.15, 0.2) is 4.80 Å². The highest BCUT2D eigenvalue weighted by molar-refractivity contribution is 7.07. The van der Waals surface area contributed by atoms with Gasteiger partial charge in [0.1, 0.15) is 11.4 Å². The van der Waals surface area contributed by atoms with Gasteiger partial charge in [0.25, 0.3) is 0 Å². The number of thiazole rings is 1. The van der Waals surface area contributed by atoms with Crippen LogP contribution in [0, 0.1) is 18.3 Å². The van der Waals surface area contributed by atoms with Crippen molar-refractivity contribution >= 4 is 41.0 Å². The second kappa shape index (κ2) is 9.92. The minimum Gasteiger partial charge on any atom is -0.494 e. The van der Waals surface area contributed by atoms with Crippen LogP contribution in [0.3, 0.4) is 0 Å². The first kappa shape index (κ1) is 22.2. The van der Waals surface area contributed by atoms with E-state index < -0.39 is 0 Å². The number of carbonyl (C=O) groups is 1. The van der Waals surface area contributed by atoms with Gasteiger partial charge in [0.2, 0.25) is 5.91 Å². The van der Waals surface area contributed by atoms with E-state index in [2.05, 4.69) is 11.4 Å². The smallest absolute Gasteiger partial charge is 0.230 e. The van der Waals surface area contributed by atoms with Crippen LogP contribution in [0.5, 0.6) is 5.75 Å². The lowest BCUT2D eigenvalue weighted by Gasteiger charge is -2.07. The molecule has 0 aliphatic heterocycles. The molecule has 1 aromatic heterocycles. The fraction of sp³-hybridized carbons (Fsp3) is 0.190. The molecule has 0 unspecified atom stereocenters. The first-order valence-corrected chi connectivity index (χ1v) is 9.51. The number of nitrogens with one attached hydrogen (secondary N) is 1. The number of aryl methyl sites for hydroxylation is 1. The number of rotatable bonds is 5. The third-order valence-corrected chi connectivity index (χ3v) is 5.17. The highest BCUT2D eigenvalue weighted by Crippen LogP contribution is 2.27. The van der Waals surface area contributed by atoms with Crippen LogP contribution in [0.15, 0.2) is 52.8 Å². The SMILES string of the molecule is COc1ccc(C)cc1N=c1scc(CC(=O)Nc2ccc(C#N)cc2)n1C.Cl. The third-order valence-electron chi connectivity index (χ3n) is 4.21. The Bertz CT molecular complexity index is 1110. The molecule has 29 heavy (non-hydrogen) atoms. The second-order valence-electron chi connectivity index (χ2n) is 6.27. The van der Waals surface area contributed by atoms with Crippen LogP contribution in [0.1, 0.15) is 16.8 Å². The Kier molecular flexibility index (Phi) is 7.59. The van der Waals surface area contributed by atoms with Crippen LogP contribution in [0.4, 0.5) is 11.4 Å². The number of ether oxygens (including phenoxy) is 1. The number of halogens is 1. The van der Waals surface area contributed by atoms with E-state index in [-0.39, 0.29) is 24.7 Å². The third kappa shape index (κ3) is 5.47. The molecule has 0 saturated heterocycles. The van der Waals surface area contributed by atoms with Gasteiger partial charge in [-0.3, -0.25) is 4.79 Å². The summed E-state index contributed by atoms with van der Waals surface area (Å²) in [6.07, 6.45) is 0.230. The molecule has 0 bridgehead atoms. The molecule has 1 heterocycles. The molecule has 0 radical (unpaired) electrons. The van der Waals surface area contributed by atoms with E-state index in [4.69, 9.17) is 15.0 Å². The Balaban J connectivity index is 0.00000300. The van der Waals surface area contributed by atoms with Crippen molar-refractivity contribution in [2.75, 3.05) is 12.4 Å². The van der Waals surface area contributed by atoms with Crippen molar-refractivity contribution in [3.8, 4) is 11.8 Å². The van der Waals surface area contributed by atoms with Crippen molar-refractivity contribution in [1.82, 2.24) is 4.57 Å². The highest BCUT2D eigenvalue weighted by atomic mass is 35.5. The first-order chi connectivity index (χ1) is 13.5. The fourth-order valence-corrected chi connectivity index (χ4v) is 3.56. The molecular formula is C21H21ClN4O2S. The summed E-state index contributed by atoms with van der Waals surface area (Å²) in [5.41, 5.74) is 3.94. The normalized spacial score (nSPS) is 10.8. The summed E-state index contributed by atoms with van der Waals surface area (Å²) in [6.45, 7) is 2.01. The quantitative estimate of drug-likeness (QED) is 0.664. The zero-order chi connectivity index (χ0) is 20.1. The van der Waals surface area contributed by atoms with Crippen molar-refractivity contribution in [3.05, 3.63) is 69.5 Å². The molecule has 3 rings (SSSR count). The van der Waals surface area contributed by atoms with E-state index >= 15 is 0 Å². The number of benzene rings is 2. The Morgan fingerprint density at radius 1 is 1.28 bits per heavy atom. The van der Waals surface area contributed by atoms with Crippen molar-refractivity contribution in [2.24, 2.45) is 12.0 Å². The number of hydrogen-bond acceptors (Lipinski definition) is 5. The van der Waals surface area contributed by atoms with Gasteiger partial charge in [-0.05, 0) is 48.9 Å². The molecule has 3 aromatic rings. The van der Waals surface area contributed by atoms with E-state index in [9.17, 15) is 4.79 Å². The lowest BCUT2D eigenvalue weighted by atomic mass is 10.2. The number of anilines is 1. The lowest BCUT2D eigenvalue weighted by molar-refractivity contribution is -0.115. The molecule has 0 aliphatic carbocycles. The maximum absolute atomic E-state index is 12.4. The summed E-state index contributed by atoms with van der Waals surface area (Å²) in [5.74, 6) is 0.580.